The molecule has 0 unspecified atom stereocenters. The van der Waals surface area contributed by atoms with Crippen LogP contribution in [-0.4, -0.2) is 74.8 Å². The largest absolute Gasteiger partial charge is 0.443 e. The van der Waals surface area contributed by atoms with Gasteiger partial charge in [0.1, 0.15) is 5.60 Å². The van der Waals surface area contributed by atoms with E-state index in [4.69, 9.17) is 9.84 Å². The van der Waals surface area contributed by atoms with Crippen molar-refractivity contribution in [2.45, 2.75) is 71.2 Å². The number of hydrogen-bond donors (Lipinski definition) is 2. The van der Waals surface area contributed by atoms with Gasteiger partial charge in [-0.3, -0.25) is 9.25 Å². The minimum atomic E-state index is -4.13. The van der Waals surface area contributed by atoms with Crippen molar-refractivity contribution in [2.75, 3.05) is 26.2 Å². The fourth-order valence-corrected chi connectivity index (χ4v) is 7.72. The van der Waals surface area contributed by atoms with Gasteiger partial charge in [-0.05, 0) is 70.8 Å². The number of aromatic nitrogens is 4. The average molecular weight is 715 g/mol. The fourth-order valence-electron chi connectivity index (χ4n) is 6.45. The number of amides is 1. The normalized spacial score (nSPS) is 16.9. The zero-order valence-electron chi connectivity index (χ0n) is 26.3. The van der Waals surface area contributed by atoms with Gasteiger partial charge >= 0.3 is 22.0 Å². The van der Waals surface area contributed by atoms with E-state index in [1.54, 1.807) is 20.8 Å². The number of rotatable bonds is 8. The third-order valence-electron chi connectivity index (χ3n) is 8.56. The van der Waals surface area contributed by atoms with Gasteiger partial charge in [0, 0.05) is 66.5 Å². The van der Waals surface area contributed by atoms with E-state index in [1.165, 1.54) is 4.31 Å². The van der Waals surface area contributed by atoms with Gasteiger partial charge in [-0.1, -0.05) is 40.2 Å². The molecule has 2 aromatic carbocycles. The lowest BCUT2D eigenvalue weighted by Gasteiger charge is -2.32. The van der Waals surface area contributed by atoms with E-state index in [9.17, 15) is 18.0 Å². The molecule has 2 aromatic heterocycles. The van der Waals surface area contributed by atoms with Gasteiger partial charge < -0.3 is 14.6 Å². The first-order valence-electron chi connectivity index (χ1n) is 15.6. The Bertz CT molecular complexity index is 1880. The summed E-state index contributed by atoms with van der Waals surface area (Å²) in [7, 11) is -4.13. The molecular weight excluding hydrogens is 674 g/mol. The van der Waals surface area contributed by atoms with Crippen LogP contribution in [0, 0.1) is 0 Å². The van der Waals surface area contributed by atoms with Crippen molar-refractivity contribution >= 4 is 43.3 Å². The number of halogens is 1. The quantitative estimate of drug-likeness (QED) is 0.268. The molecule has 1 fully saturated rings. The molecule has 0 saturated carbocycles. The Morgan fingerprint density at radius 3 is 2.50 bits per heavy atom. The summed E-state index contributed by atoms with van der Waals surface area (Å²) in [6.07, 6.45) is 2.18. The van der Waals surface area contributed by atoms with Crippen molar-refractivity contribution in [3.8, 4) is 11.3 Å². The van der Waals surface area contributed by atoms with Gasteiger partial charge in [0.05, 0.1) is 16.7 Å². The Morgan fingerprint density at radius 2 is 1.78 bits per heavy atom. The number of para-hydroxylation sites is 2. The van der Waals surface area contributed by atoms with E-state index in [-0.39, 0.29) is 24.8 Å². The third-order valence-corrected chi connectivity index (χ3v) is 10.5. The van der Waals surface area contributed by atoms with Crippen LogP contribution >= 0.6 is 15.9 Å². The first-order valence-corrected chi connectivity index (χ1v) is 17.9. The summed E-state index contributed by atoms with van der Waals surface area (Å²) in [5.74, 6) is 0. The molecule has 1 saturated heterocycles. The van der Waals surface area contributed by atoms with E-state index >= 15 is 0 Å². The van der Waals surface area contributed by atoms with Gasteiger partial charge in [0.25, 0.3) is 0 Å². The first kappa shape index (κ1) is 32.5. The smallest absolute Gasteiger partial charge is 0.422 e. The van der Waals surface area contributed by atoms with Crippen LogP contribution in [0.25, 0.3) is 22.3 Å². The van der Waals surface area contributed by atoms with E-state index in [0.29, 0.717) is 13.0 Å². The number of ether oxygens (including phenoxy) is 1. The van der Waals surface area contributed by atoms with Gasteiger partial charge in [-0.15, -0.1) is 0 Å². The second-order valence-electron chi connectivity index (χ2n) is 12.9. The average Bonchev–Trinajstić information content (AvgIpc) is 3.53. The lowest BCUT2D eigenvalue weighted by Crippen LogP contribution is -2.47. The summed E-state index contributed by atoms with van der Waals surface area (Å²) in [5.41, 5.74) is 4.46. The summed E-state index contributed by atoms with van der Waals surface area (Å²) in [6.45, 7) is 8.78. The van der Waals surface area contributed by atoms with Crippen LogP contribution in [0.3, 0.4) is 0 Å². The van der Waals surface area contributed by atoms with Crippen LogP contribution < -0.4 is 10.4 Å². The predicted octanol–water partition coefficient (Wildman–Crippen LogP) is 4.81. The molecule has 0 bridgehead atoms. The van der Waals surface area contributed by atoms with Gasteiger partial charge in [0.2, 0.25) is 0 Å². The minimum absolute atomic E-state index is 0.0447. The molecule has 2 aliphatic heterocycles. The highest BCUT2D eigenvalue weighted by molar-refractivity contribution is 9.10. The number of piperidine rings is 1. The van der Waals surface area contributed by atoms with E-state index in [0.717, 1.165) is 76.9 Å². The van der Waals surface area contributed by atoms with Crippen molar-refractivity contribution in [1.29, 1.82) is 0 Å². The summed E-state index contributed by atoms with van der Waals surface area (Å²) >= 11 is 3.49. The maximum Gasteiger partial charge on any atom is 0.422 e. The minimum Gasteiger partial charge on any atom is -0.443 e. The second-order valence-corrected chi connectivity index (χ2v) is 15.5. The Balaban J connectivity index is 1.13. The molecule has 2 N–H and O–H groups in total. The molecule has 12 nitrogen and oxygen atoms in total. The summed E-state index contributed by atoms with van der Waals surface area (Å²) in [4.78, 5) is 30.4. The second kappa shape index (κ2) is 13.0. The molecule has 4 heterocycles. The molecule has 4 aromatic rings. The number of H-pyrrole nitrogens is 1. The van der Waals surface area contributed by atoms with Crippen LogP contribution in [0.5, 0.6) is 0 Å². The first-order chi connectivity index (χ1) is 21.9. The van der Waals surface area contributed by atoms with Gasteiger partial charge in [-0.25, -0.2) is 14.3 Å². The molecular formula is C32H40BrN7O5S. The molecule has 2 aliphatic rings. The Hall–Kier alpha value is -3.46. The maximum absolute atomic E-state index is 13.2. The van der Waals surface area contributed by atoms with E-state index in [2.05, 4.69) is 30.5 Å². The SMILES string of the molecule is CC(C)(C)OC(=O)NS(=O)(=O)N1CCc2c(c(-c3ccc(Br)cc3)nn2CCCN2CCC(n3c(=O)[nH]c4ccccc43)CC2)C1. The van der Waals surface area contributed by atoms with Crippen molar-refractivity contribution in [3.63, 3.8) is 0 Å². The van der Waals surface area contributed by atoms with Gasteiger partial charge in [0.15, 0.2) is 0 Å². The number of nitrogens with zero attached hydrogens (tertiary/aromatic N) is 5. The molecule has 0 aliphatic carbocycles. The maximum atomic E-state index is 13.2. The Kier molecular flexibility index (Phi) is 9.16. The molecule has 1 amide bonds. The number of nitrogens with one attached hydrogen (secondary N) is 2. The Morgan fingerprint density at radius 1 is 1.07 bits per heavy atom. The summed E-state index contributed by atoms with van der Waals surface area (Å²) < 4.78 is 39.7. The van der Waals surface area contributed by atoms with Crippen molar-refractivity contribution in [1.82, 2.24) is 33.3 Å². The van der Waals surface area contributed by atoms with Crippen molar-refractivity contribution in [2.24, 2.45) is 0 Å². The highest BCUT2D eigenvalue weighted by atomic mass is 79.9. The molecule has 46 heavy (non-hydrogen) atoms. The van der Waals surface area contributed by atoms with E-state index < -0.39 is 21.9 Å². The number of benzene rings is 2. The molecule has 6 rings (SSSR count). The molecule has 0 radical (unpaired) electrons. The molecule has 0 spiro atoms. The number of carbonyl (C=O) groups is 1. The highest BCUT2D eigenvalue weighted by Gasteiger charge is 2.34. The highest BCUT2D eigenvalue weighted by Crippen LogP contribution is 2.32. The van der Waals surface area contributed by atoms with Crippen LogP contribution in [0.15, 0.2) is 57.8 Å². The lowest BCUT2D eigenvalue weighted by atomic mass is 10.0. The van der Waals surface area contributed by atoms with Crippen LogP contribution in [0.2, 0.25) is 0 Å². The monoisotopic (exact) mass is 713 g/mol. The molecule has 246 valence electrons. The van der Waals surface area contributed by atoms with Crippen LogP contribution in [0.1, 0.15) is 57.3 Å². The fraction of sp³-hybridized carbons (Fsp3) is 0.469. The predicted molar refractivity (Wildman–Crippen MR) is 180 cm³/mol. The number of carbonyl (C=O) groups excluding carboxylic acids is 1. The zero-order valence-corrected chi connectivity index (χ0v) is 28.7. The third kappa shape index (κ3) is 7.09. The Labute approximate surface area is 277 Å². The van der Waals surface area contributed by atoms with E-state index in [1.807, 2.05) is 57.8 Å². The summed E-state index contributed by atoms with van der Waals surface area (Å²) in [5, 5.41) is 4.99. The molecule has 0 atom stereocenters. The zero-order chi connectivity index (χ0) is 32.6. The number of imidazole rings is 1. The number of likely N-dealkylation sites (tertiary alicyclic amines) is 1. The number of aromatic amines is 1. The molecule has 14 heteroatoms. The topological polar surface area (TPSA) is 135 Å². The van der Waals surface area contributed by atoms with Crippen LogP contribution in [0.4, 0.5) is 4.79 Å². The number of aryl methyl sites for hydroxylation is 1. The van der Waals surface area contributed by atoms with Crippen molar-refractivity contribution in [3.05, 3.63) is 74.7 Å². The van der Waals surface area contributed by atoms with Crippen LogP contribution in [-0.2, 0) is 34.5 Å². The van der Waals surface area contributed by atoms with Crippen molar-refractivity contribution < 1.29 is 17.9 Å². The number of hydrogen-bond acceptors (Lipinski definition) is 7. The standard InChI is InChI=1S/C32H40BrN7O5S/c1-32(2,3)45-31(42)36-46(43,44)38-20-15-27-25(21-38)29(22-9-11-23(33)12-10-22)35-39(27)17-6-16-37-18-13-24(14-19-37)40-28-8-5-4-7-26(28)34-30(40)41/h4-5,7-12,24H,6,13-21H2,1-3H3,(H,34,41)(H,36,42). The lowest BCUT2D eigenvalue weighted by molar-refractivity contribution is 0.0566. The summed E-state index contributed by atoms with van der Waals surface area (Å²) in [6, 6.07) is 15.8. The van der Waals surface area contributed by atoms with Gasteiger partial charge in [-0.2, -0.15) is 17.8 Å². The number of fused-ring (bicyclic) bond motifs is 2.